The molecule has 6 heteroatoms. The third-order valence-corrected chi connectivity index (χ3v) is 8.11. The summed E-state index contributed by atoms with van der Waals surface area (Å²) in [7, 11) is 0. The van der Waals surface area contributed by atoms with Gasteiger partial charge in [0.15, 0.2) is 0 Å². The van der Waals surface area contributed by atoms with E-state index in [0.717, 1.165) is 42.8 Å². The lowest BCUT2D eigenvalue weighted by molar-refractivity contribution is 0.0889. The highest BCUT2D eigenvalue weighted by atomic mass is 127. The van der Waals surface area contributed by atoms with Gasteiger partial charge in [-0.3, -0.25) is 4.79 Å². The van der Waals surface area contributed by atoms with E-state index < -0.39 is 5.54 Å². The summed E-state index contributed by atoms with van der Waals surface area (Å²) >= 11 is 2.32. The van der Waals surface area contributed by atoms with Crippen LogP contribution in [0.1, 0.15) is 75.0 Å². The van der Waals surface area contributed by atoms with Gasteiger partial charge in [0, 0.05) is 15.5 Å². The zero-order valence-corrected chi connectivity index (χ0v) is 22.4. The number of nitrogens with one attached hydrogen (secondary N) is 2. The topological polar surface area (TPSA) is 59.0 Å². The number of halogens is 1. The SMILES string of the molecule is CCC(CC)(NC(=O)c1c(C)nn2c1N[C@@H](C1C=CC=CC1)CC2(C)C)c1ccc(I)cc1. The third-order valence-electron chi connectivity index (χ3n) is 7.39. The van der Waals surface area contributed by atoms with Crippen molar-refractivity contribution in [1.82, 2.24) is 15.1 Å². The number of aromatic nitrogens is 2. The third kappa shape index (κ3) is 4.51. The number of carbonyl (C=O) groups is 1. The van der Waals surface area contributed by atoms with Gasteiger partial charge in [-0.1, -0.05) is 50.3 Å². The van der Waals surface area contributed by atoms with E-state index in [4.69, 9.17) is 5.10 Å². The molecular weight excluding hydrogens is 523 g/mol. The quantitative estimate of drug-likeness (QED) is 0.410. The van der Waals surface area contributed by atoms with Gasteiger partial charge in [-0.05, 0) is 86.7 Å². The number of amides is 1. The van der Waals surface area contributed by atoms with Crippen LogP contribution >= 0.6 is 22.6 Å². The molecule has 2 heterocycles. The van der Waals surface area contributed by atoms with Gasteiger partial charge in [-0.15, -0.1) is 0 Å². The number of rotatable bonds is 6. The Morgan fingerprint density at radius 1 is 1.24 bits per heavy atom. The lowest BCUT2D eigenvalue weighted by atomic mass is 9.82. The number of benzene rings is 1. The van der Waals surface area contributed by atoms with Crippen molar-refractivity contribution in [3.05, 3.63) is 69.0 Å². The first-order valence-electron chi connectivity index (χ1n) is 12.0. The Morgan fingerprint density at radius 2 is 1.94 bits per heavy atom. The molecule has 0 spiro atoms. The first-order valence-corrected chi connectivity index (χ1v) is 13.1. The molecule has 5 nitrogen and oxygen atoms in total. The normalized spacial score (nSPS) is 21.4. The molecule has 0 bridgehead atoms. The zero-order valence-electron chi connectivity index (χ0n) is 20.3. The van der Waals surface area contributed by atoms with Crippen molar-refractivity contribution >= 4 is 34.3 Å². The van der Waals surface area contributed by atoms with Crippen LogP contribution in [0.2, 0.25) is 0 Å². The Hall–Kier alpha value is -2.09. The molecule has 2 aliphatic rings. The fraction of sp³-hybridized carbons (Fsp3) is 0.481. The average Bonchev–Trinajstić information content (AvgIpc) is 3.15. The van der Waals surface area contributed by atoms with Crippen LogP contribution in [0.4, 0.5) is 5.82 Å². The first kappa shape index (κ1) is 24.0. The Labute approximate surface area is 211 Å². The van der Waals surface area contributed by atoms with E-state index in [2.05, 4.69) is 109 Å². The summed E-state index contributed by atoms with van der Waals surface area (Å²) in [5, 5.41) is 12.0. The van der Waals surface area contributed by atoms with Crippen molar-refractivity contribution in [1.29, 1.82) is 0 Å². The Morgan fingerprint density at radius 3 is 2.55 bits per heavy atom. The van der Waals surface area contributed by atoms with E-state index in [1.807, 2.05) is 11.6 Å². The van der Waals surface area contributed by atoms with Gasteiger partial charge < -0.3 is 10.6 Å². The number of carbonyl (C=O) groups excluding carboxylic acids is 1. The van der Waals surface area contributed by atoms with E-state index in [9.17, 15) is 4.79 Å². The van der Waals surface area contributed by atoms with Crippen LogP contribution in [0.5, 0.6) is 0 Å². The molecule has 33 heavy (non-hydrogen) atoms. The van der Waals surface area contributed by atoms with E-state index in [1.165, 1.54) is 3.57 Å². The van der Waals surface area contributed by atoms with E-state index in [-0.39, 0.29) is 17.5 Å². The number of fused-ring (bicyclic) bond motifs is 1. The summed E-state index contributed by atoms with van der Waals surface area (Å²) in [4.78, 5) is 13.8. The van der Waals surface area contributed by atoms with E-state index >= 15 is 0 Å². The summed E-state index contributed by atoms with van der Waals surface area (Å²) in [6, 6.07) is 8.74. The van der Waals surface area contributed by atoms with Crippen molar-refractivity contribution < 1.29 is 4.79 Å². The molecule has 1 aromatic carbocycles. The molecule has 4 rings (SSSR count). The molecule has 2 aromatic rings. The summed E-state index contributed by atoms with van der Waals surface area (Å²) in [5.74, 6) is 1.20. The molecule has 0 radical (unpaired) electrons. The molecule has 2 N–H and O–H groups in total. The van der Waals surface area contributed by atoms with E-state index in [0.29, 0.717) is 11.5 Å². The molecular formula is C27H35IN4O. The van der Waals surface area contributed by atoms with Gasteiger partial charge in [0.25, 0.3) is 5.91 Å². The van der Waals surface area contributed by atoms with Crippen LogP contribution in [0, 0.1) is 16.4 Å². The van der Waals surface area contributed by atoms with Crippen LogP contribution in [-0.4, -0.2) is 21.7 Å². The lowest BCUT2D eigenvalue weighted by Gasteiger charge is -2.41. The predicted molar refractivity (Wildman–Crippen MR) is 144 cm³/mol. The van der Waals surface area contributed by atoms with Gasteiger partial charge in [0.1, 0.15) is 11.4 Å². The van der Waals surface area contributed by atoms with Crippen LogP contribution in [0.15, 0.2) is 48.6 Å². The molecule has 1 aromatic heterocycles. The van der Waals surface area contributed by atoms with Crippen molar-refractivity contribution in [3.63, 3.8) is 0 Å². The summed E-state index contributed by atoms with van der Waals surface area (Å²) in [6.07, 6.45) is 12.4. The minimum atomic E-state index is -0.414. The molecule has 1 unspecified atom stereocenters. The molecule has 176 valence electrons. The smallest absolute Gasteiger partial charge is 0.257 e. The summed E-state index contributed by atoms with van der Waals surface area (Å²) < 4.78 is 3.22. The molecule has 1 aliphatic heterocycles. The molecule has 1 aliphatic carbocycles. The maximum absolute atomic E-state index is 13.8. The fourth-order valence-electron chi connectivity index (χ4n) is 5.33. The lowest BCUT2D eigenvalue weighted by Crippen LogP contribution is -2.47. The van der Waals surface area contributed by atoms with Crippen molar-refractivity contribution in [3.8, 4) is 0 Å². The second kappa shape index (κ2) is 9.28. The van der Waals surface area contributed by atoms with Gasteiger partial charge in [0.2, 0.25) is 0 Å². The predicted octanol–water partition coefficient (Wildman–Crippen LogP) is 6.29. The highest BCUT2D eigenvalue weighted by molar-refractivity contribution is 14.1. The maximum Gasteiger partial charge on any atom is 0.257 e. The number of anilines is 1. The van der Waals surface area contributed by atoms with Gasteiger partial charge in [-0.25, -0.2) is 4.68 Å². The van der Waals surface area contributed by atoms with E-state index in [1.54, 1.807) is 0 Å². The van der Waals surface area contributed by atoms with Crippen molar-refractivity contribution in [2.24, 2.45) is 5.92 Å². The zero-order chi connectivity index (χ0) is 23.8. The molecule has 0 saturated heterocycles. The van der Waals surface area contributed by atoms with Crippen LogP contribution in [0.25, 0.3) is 0 Å². The Kier molecular flexibility index (Phi) is 6.76. The molecule has 0 saturated carbocycles. The summed E-state index contributed by atoms with van der Waals surface area (Å²) in [5.41, 5.74) is 1.99. The molecule has 1 amide bonds. The average molecular weight is 559 g/mol. The minimum absolute atomic E-state index is 0.0565. The number of nitrogens with zero attached hydrogens (tertiary/aromatic N) is 2. The standard InChI is InChI=1S/C27H35IN4O/c1-6-27(7-2,20-13-15-21(28)16-14-20)30-25(33)23-18(3)31-32-24(23)29-22(17-26(32,4)5)19-11-9-8-10-12-19/h8-11,13-16,19,22,29H,6-7,12,17H2,1-5H3,(H,30,33)/t19?,22-/m1/s1. The second-order valence-corrected chi connectivity index (χ2v) is 11.2. The van der Waals surface area contributed by atoms with Crippen LogP contribution in [0.3, 0.4) is 0 Å². The van der Waals surface area contributed by atoms with Crippen LogP contribution < -0.4 is 10.6 Å². The van der Waals surface area contributed by atoms with Gasteiger partial charge >= 0.3 is 0 Å². The highest BCUT2D eigenvalue weighted by Gasteiger charge is 2.40. The van der Waals surface area contributed by atoms with Gasteiger partial charge in [0.05, 0.1) is 16.8 Å². The van der Waals surface area contributed by atoms with Gasteiger partial charge in [-0.2, -0.15) is 5.10 Å². The number of aryl methyl sites for hydroxylation is 1. The Bertz CT molecular complexity index is 1080. The highest BCUT2D eigenvalue weighted by Crippen LogP contribution is 2.39. The number of hydrogen-bond acceptors (Lipinski definition) is 3. The van der Waals surface area contributed by atoms with Crippen molar-refractivity contribution in [2.75, 3.05) is 5.32 Å². The second-order valence-electron chi connectivity index (χ2n) is 9.95. The molecule has 2 atom stereocenters. The first-order chi connectivity index (χ1) is 15.7. The van der Waals surface area contributed by atoms with Crippen LogP contribution in [-0.2, 0) is 11.1 Å². The largest absolute Gasteiger partial charge is 0.366 e. The monoisotopic (exact) mass is 558 g/mol. The number of allylic oxidation sites excluding steroid dienone is 3. The van der Waals surface area contributed by atoms with Crippen molar-refractivity contribution in [2.45, 2.75) is 77.4 Å². The molecule has 0 fully saturated rings. The maximum atomic E-state index is 13.8. The number of hydrogen-bond donors (Lipinski definition) is 2. The fourth-order valence-corrected chi connectivity index (χ4v) is 5.69. The Balaban J connectivity index is 1.69. The minimum Gasteiger partial charge on any atom is -0.366 e. The summed E-state index contributed by atoms with van der Waals surface area (Å²) in [6.45, 7) is 10.7.